The van der Waals surface area contributed by atoms with E-state index in [1.807, 2.05) is 30.3 Å². The summed E-state index contributed by atoms with van der Waals surface area (Å²) in [5, 5.41) is 13.4. The van der Waals surface area contributed by atoms with Crippen LogP contribution in [0.1, 0.15) is 15.9 Å². The molecule has 108 valence electrons. The average molecular weight is 305 g/mol. The molecule has 2 aromatic carbocycles. The van der Waals surface area contributed by atoms with Crippen molar-refractivity contribution in [2.75, 3.05) is 6.54 Å². The molecule has 0 aliphatic carbocycles. The number of benzene rings is 2. The summed E-state index contributed by atoms with van der Waals surface area (Å²) < 4.78 is 0. The molecular formula is C15H13ClN2O3. The van der Waals surface area contributed by atoms with E-state index in [0.717, 1.165) is 5.56 Å². The molecule has 0 atom stereocenters. The molecule has 0 spiro atoms. The number of hydrogen-bond donors (Lipinski definition) is 1. The minimum atomic E-state index is -0.608. The largest absolute Gasteiger partial charge is 0.352 e. The van der Waals surface area contributed by atoms with Crippen LogP contribution in [-0.4, -0.2) is 17.4 Å². The number of rotatable bonds is 5. The zero-order valence-corrected chi connectivity index (χ0v) is 11.8. The number of hydrogen-bond acceptors (Lipinski definition) is 3. The molecule has 0 unspecified atom stereocenters. The third-order valence-corrected chi connectivity index (χ3v) is 3.36. The standard InChI is InChI=1S/C15H13ClN2O3/c16-14-12(7-4-8-13(14)18(20)21)15(19)17-10-9-11-5-2-1-3-6-11/h1-8H,9-10H2,(H,17,19). The normalized spacial score (nSPS) is 10.1. The third kappa shape index (κ3) is 3.79. The van der Waals surface area contributed by atoms with Crippen molar-refractivity contribution in [2.45, 2.75) is 6.42 Å². The van der Waals surface area contributed by atoms with E-state index in [1.54, 1.807) is 0 Å². The van der Waals surface area contributed by atoms with Crippen molar-refractivity contribution in [2.24, 2.45) is 0 Å². The Morgan fingerprint density at radius 3 is 2.52 bits per heavy atom. The second kappa shape index (κ2) is 6.85. The monoisotopic (exact) mass is 304 g/mol. The van der Waals surface area contributed by atoms with Crippen LogP contribution < -0.4 is 5.32 Å². The van der Waals surface area contributed by atoms with Gasteiger partial charge in [0.1, 0.15) is 5.02 Å². The fraction of sp³-hybridized carbons (Fsp3) is 0.133. The molecule has 2 aromatic rings. The van der Waals surface area contributed by atoms with Gasteiger partial charge in [0, 0.05) is 12.6 Å². The molecular weight excluding hydrogens is 292 g/mol. The van der Waals surface area contributed by atoms with Crippen LogP contribution in [0.4, 0.5) is 5.69 Å². The first kappa shape index (κ1) is 15.0. The van der Waals surface area contributed by atoms with Crippen molar-refractivity contribution < 1.29 is 9.72 Å². The number of halogens is 1. The Morgan fingerprint density at radius 2 is 1.86 bits per heavy atom. The van der Waals surface area contributed by atoms with E-state index in [4.69, 9.17) is 11.6 Å². The quantitative estimate of drug-likeness (QED) is 0.681. The predicted molar refractivity (Wildman–Crippen MR) is 80.6 cm³/mol. The Morgan fingerprint density at radius 1 is 1.14 bits per heavy atom. The van der Waals surface area contributed by atoms with E-state index in [0.29, 0.717) is 13.0 Å². The van der Waals surface area contributed by atoms with Gasteiger partial charge in [-0.1, -0.05) is 48.0 Å². The average Bonchev–Trinajstić information content (AvgIpc) is 2.48. The maximum absolute atomic E-state index is 12.0. The molecule has 0 aromatic heterocycles. The summed E-state index contributed by atoms with van der Waals surface area (Å²) in [5.74, 6) is -0.417. The van der Waals surface area contributed by atoms with E-state index >= 15 is 0 Å². The van der Waals surface area contributed by atoms with Crippen LogP contribution in [0.5, 0.6) is 0 Å². The van der Waals surface area contributed by atoms with Gasteiger partial charge >= 0.3 is 0 Å². The summed E-state index contributed by atoms with van der Waals surface area (Å²) >= 11 is 5.89. The van der Waals surface area contributed by atoms with Gasteiger partial charge in [0.25, 0.3) is 11.6 Å². The Hall–Kier alpha value is -2.40. The van der Waals surface area contributed by atoms with Gasteiger partial charge in [0.2, 0.25) is 0 Å². The highest BCUT2D eigenvalue weighted by Gasteiger charge is 2.19. The van der Waals surface area contributed by atoms with E-state index in [2.05, 4.69) is 5.32 Å². The lowest BCUT2D eigenvalue weighted by molar-refractivity contribution is -0.384. The molecule has 2 rings (SSSR count). The summed E-state index contributed by atoms with van der Waals surface area (Å²) in [7, 11) is 0. The molecule has 0 aliphatic heterocycles. The minimum absolute atomic E-state index is 0.110. The second-order valence-corrected chi connectivity index (χ2v) is 4.77. The van der Waals surface area contributed by atoms with Crippen LogP contribution in [0, 0.1) is 10.1 Å². The van der Waals surface area contributed by atoms with Crippen LogP contribution >= 0.6 is 11.6 Å². The Labute approximate surface area is 126 Å². The first-order valence-corrected chi connectivity index (χ1v) is 6.72. The second-order valence-electron chi connectivity index (χ2n) is 4.39. The van der Waals surface area contributed by atoms with Crippen LogP contribution in [-0.2, 0) is 6.42 Å². The first-order valence-electron chi connectivity index (χ1n) is 6.34. The number of nitro benzene ring substituents is 1. The third-order valence-electron chi connectivity index (χ3n) is 2.96. The molecule has 0 aliphatic rings. The lowest BCUT2D eigenvalue weighted by Crippen LogP contribution is -2.26. The van der Waals surface area contributed by atoms with E-state index in [1.165, 1.54) is 18.2 Å². The maximum atomic E-state index is 12.0. The van der Waals surface area contributed by atoms with Gasteiger partial charge in [0.05, 0.1) is 10.5 Å². The Balaban J connectivity index is 2.01. The molecule has 6 heteroatoms. The van der Waals surface area contributed by atoms with Gasteiger partial charge in [-0.25, -0.2) is 0 Å². The van der Waals surface area contributed by atoms with Crippen molar-refractivity contribution in [3.05, 3.63) is 74.8 Å². The lowest BCUT2D eigenvalue weighted by atomic mass is 10.1. The zero-order chi connectivity index (χ0) is 15.2. The predicted octanol–water partition coefficient (Wildman–Crippen LogP) is 3.22. The smallest absolute Gasteiger partial charge is 0.288 e. The highest BCUT2D eigenvalue weighted by molar-refractivity contribution is 6.35. The van der Waals surface area contributed by atoms with Gasteiger partial charge in [-0.15, -0.1) is 0 Å². The van der Waals surface area contributed by atoms with Gasteiger partial charge in [-0.3, -0.25) is 14.9 Å². The lowest BCUT2D eigenvalue weighted by Gasteiger charge is -2.07. The molecule has 1 N–H and O–H groups in total. The molecule has 0 heterocycles. The molecule has 0 radical (unpaired) electrons. The van der Waals surface area contributed by atoms with Crippen molar-refractivity contribution in [1.29, 1.82) is 0 Å². The van der Waals surface area contributed by atoms with Gasteiger partial charge in [0.15, 0.2) is 0 Å². The van der Waals surface area contributed by atoms with Gasteiger partial charge < -0.3 is 5.32 Å². The van der Waals surface area contributed by atoms with Crippen molar-refractivity contribution >= 4 is 23.2 Å². The molecule has 1 amide bonds. The number of nitro groups is 1. The highest BCUT2D eigenvalue weighted by Crippen LogP contribution is 2.27. The van der Waals surface area contributed by atoms with Crippen LogP contribution in [0.2, 0.25) is 5.02 Å². The topological polar surface area (TPSA) is 72.2 Å². The molecule has 0 saturated carbocycles. The van der Waals surface area contributed by atoms with E-state index in [9.17, 15) is 14.9 Å². The Kier molecular flexibility index (Phi) is 4.90. The van der Waals surface area contributed by atoms with Crippen LogP contribution in [0.3, 0.4) is 0 Å². The SMILES string of the molecule is O=C(NCCc1ccccc1)c1cccc([N+](=O)[O-])c1Cl. The Bertz CT molecular complexity index is 659. The summed E-state index contributed by atoms with van der Waals surface area (Å²) in [6, 6.07) is 13.9. The number of nitrogens with one attached hydrogen (secondary N) is 1. The number of amides is 1. The highest BCUT2D eigenvalue weighted by atomic mass is 35.5. The minimum Gasteiger partial charge on any atom is -0.352 e. The van der Waals surface area contributed by atoms with Gasteiger partial charge in [-0.05, 0) is 18.1 Å². The van der Waals surface area contributed by atoms with Crippen molar-refractivity contribution in [3.63, 3.8) is 0 Å². The van der Waals surface area contributed by atoms with E-state index < -0.39 is 10.8 Å². The summed E-state index contributed by atoms with van der Waals surface area (Å²) in [6.07, 6.45) is 0.680. The summed E-state index contributed by atoms with van der Waals surface area (Å²) in [6.45, 7) is 0.432. The fourth-order valence-electron chi connectivity index (χ4n) is 1.90. The zero-order valence-electron chi connectivity index (χ0n) is 11.1. The molecule has 21 heavy (non-hydrogen) atoms. The number of carbonyl (C=O) groups is 1. The van der Waals surface area contributed by atoms with Crippen LogP contribution in [0.25, 0.3) is 0 Å². The van der Waals surface area contributed by atoms with E-state index in [-0.39, 0.29) is 16.3 Å². The number of carbonyl (C=O) groups excluding carboxylic acids is 1. The van der Waals surface area contributed by atoms with Crippen molar-refractivity contribution in [1.82, 2.24) is 5.32 Å². The molecule has 0 bridgehead atoms. The van der Waals surface area contributed by atoms with Crippen molar-refractivity contribution in [3.8, 4) is 0 Å². The molecule has 0 saturated heterocycles. The summed E-state index contributed by atoms with van der Waals surface area (Å²) in [5.41, 5.74) is 0.939. The first-order chi connectivity index (χ1) is 10.1. The summed E-state index contributed by atoms with van der Waals surface area (Å²) in [4.78, 5) is 22.2. The fourth-order valence-corrected chi connectivity index (χ4v) is 2.18. The molecule has 0 fully saturated rings. The number of nitrogens with zero attached hydrogens (tertiary/aromatic N) is 1. The maximum Gasteiger partial charge on any atom is 0.288 e. The van der Waals surface area contributed by atoms with Crippen LogP contribution in [0.15, 0.2) is 48.5 Å². The van der Waals surface area contributed by atoms with Gasteiger partial charge in [-0.2, -0.15) is 0 Å². The molecule has 5 nitrogen and oxygen atoms in total.